The van der Waals surface area contributed by atoms with Gasteiger partial charge in [0.1, 0.15) is 6.33 Å². The lowest BCUT2D eigenvalue weighted by atomic mass is 10.0. The van der Waals surface area contributed by atoms with Crippen LogP contribution in [0.4, 0.5) is 0 Å². The van der Waals surface area contributed by atoms with Crippen LogP contribution in [-0.2, 0) is 9.59 Å². The second-order valence-corrected chi connectivity index (χ2v) is 8.82. The fourth-order valence-corrected chi connectivity index (χ4v) is 4.11. The number of benzene rings is 1. The van der Waals surface area contributed by atoms with Crippen molar-refractivity contribution in [3.05, 3.63) is 36.2 Å². The third-order valence-electron chi connectivity index (χ3n) is 5.12. The number of hydrogen-bond donors (Lipinski definition) is 0. The number of hydrogen-bond acceptors (Lipinski definition) is 5. The van der Waals surface area contributed by atoms with Crippen molar-refractivity contribution >= 4 is 23.6 Å². The Morgan fingerprint density at radius 3 is 2.21 bits per heavy atom. The summed E-state index contributed by atoms with van der Waals surface area (Å²) in [5, 5.41) is 8.89. The first-order valence-electron chi connectivity index (χ1n) is 10.1. The maximum atomic E-state index is 12.6. The molecule has 0 bridgehead atoms. The van der Waals surface area contributed by atoms with Gasteiger partial charge in [-0.15, -0.1) is 10.2 Å². The minimum atomic E-state index is -0.00577. The molecule has 29 heavy (non-hydrogen) atoms. The second kappa shape index (κ2) is 9.43. The molecule has 1 aromatic heterocycles. The van der Waals surface area contributed by atoms with E-state index in [9.17, 15) is 9.59 Å². The van der Waals surface area contributed by atoms with Gasteiger partial charge < -0.3 is 9.80 Å². The third-order valence-corrected chi connectivity index (χ3v) is 6.04. The normalized spacial score (nSPS) is 14.7. The first kappa shape index (κ1) is 21.4. The largest absolute Gasteiger partial charge is 0.339 e. The Kier molecular flexibility index (Phi) is 6.95. The molecule has 8 heteroatoms. The number of piperazine rings is 1. The molecule has 156 valence electrons. The van der Waals surface area contributed by atoms with Gasteiger partial charge in [-0.3, -0.25) is 14.2 Å². The highest BCUT2D eigenvalue weighted by atomic mass is 32.2. The quantitative estimate of drug-likeness (QED) is 0.679. The van der Waals surface area contributed by atoms with Crippen LogP contribution in [0.1, 0.15) is 39.2 Å². The monoisotopic (exact) mass is 415 g/mol. The third kappa shape index (κ3) is 5.18. The lowest BCUT2D eigenvalue weighted by Crippen LogP contribution is -2.51. The second-order valence-electron chi connectivity index (χ2n) is 7.88. The number of carbonyl (C=O) groups excluding carboxylic acids is 2. The molecule has 2 amide bonds. The number of rotatable bonds is 6. The number of thioether (sulfide) groups is 1. The van der Waals surface area contributed by atoms with Crippen molar-refractivity contribution in [1.29, 1.82) is 0 Å². The summed E-state index contributed by atoms with van der Waals surface area (Å²) >= 11 is 1.39. The number of carbonyl (C=O) groups is 2. The predicted octanol–water partition coefficient (Wildman–Crippen LogP) is 2.81. The van der Waals surface area contributed by atoms with E-state index in [0.717, 1.165) is 5.69 Å². The molecule has 1 aliphatic heterocycles. The lowest BCUT2D eigenvalue weighted by Gasteiger charge is -2.35. The van der Waals surface area contributed by atoms with Gasteiger partial charge in [0.25, 0.3) is 0 Å². The molecular formula is C21H29N5O2S. The van der Waals surface area contributed by atoms with E-state index in [0.29, 0.717) is 43.0 Å². The molecular weight excluding hydrogens is 386 g/mol. The summed E-state index contributed by atoms with van der Waals surface area (Å²) in [6.45, 7) is 10.5. The van der Waals surface area contributed by atoms with Crippen molar-refractivity contribution in [1.82, 2.24) is 24.6 Å². The van der Waals surface area contributed by atoms with Gasteiger partial charge in [0.2, 0.25) is 11.8 Å². The van der Waals surface area contributed by atoms with Crippen molar-refractivity contribution in [2.75, 3.05) is 31.9 Å². The van der Waals surface area contributed by atoms with E-state index in [1.54, 1.807) is 6.33 Å². The van der Waals surface area contributed by atoms with E-state index in [4.69, 9.17) is 0 Å². The lowest BCUT2D eigenvalue weighted by molar-refractivity contribution is -0.140. The Balaban J connectivity index is 1.55. The standard InChI is InChI=1S/C21H29N5O2S/c1-15(2)17-5-7-18(8-6-17)26-14-22-23-21(26)29-13-19(27)24-9-11-25(12-10-24)20(28)16(3)4/h5-8,14-16H,9-13H2,1-4H3. The van der Waals surface area contributed by atoms with E-state index in [1.807, 2.05) is 28.2 Å². The number of aromatic nitrogens is 3. The zero-order chi connectivity index (χ0) is 21.0. The first-order valence-corrected chi connectivity index (χ1v) is 11.0. The van der Waals surface area contributed by atoms with Crippen LogP contribution in [0.15, 0.2) is 35.7 Å². The zero-order valence-electron chi connectivity index (χ0n) is 17.5. The van der Waals surface area contributed by atoms with E-state index < -0.39 is 0 Å². The Labute approximate surface area is 176 Å². The fourth-order valence-electron chi connectivity index (χ4n) is 3.28. The molecule has 1 aliphatic rings. The molecule has 3 rings (SSSR count). The van der Waals surface area contributed by atoms with Gasteiger partial charge >= 0.3 is 0 Å². The van der Waals surface area contributed by atoms with Crippen LogP contribution in [0.25, 0.3) is 5.69 Å². The Bertz CT molecular complexity index is 839. The fraction of sp³-hybridized carbons (Fsp3) is 0.524. The summed E-state index contributed by atoms with van der Waals surface area (Å²) in [5.41, 5.74) is 2.26. The molecule has 0 radical (unpaired) electrons. The van der Waals surface area contributed by atoms with Crippen LogP contribution >= 0.6 is 11.8 Å². The zero-order valence-corrected chi connectivity index (χ0v) is 18.4. The molecule has 1 aromatic carbocycles. The molecule has 7 nitrogen and oxygen atoms in total. The summed E-state index contributed by atoms with van der Waals surface area (Å²) in [5.74, 6) is 1.00. The molecule has 1 saturated heterocycles. The Morgan fingerprint density at radius 2 is 1.62 bits per heavy atom. The highest BCUT2D eigenvalue weighted by Gasteiger charge is 2.25. The summed E-state index contributed by atoms with van der Waals surface area (Å²) < 4.78 is 1.90. The molecule has 0 saturated carbocycles. The minimum absolute atomic E-state index is 0.00577. The van der Waals surface area contributed by atoms with Crippen LogP contribution in [0.5, 0.6) is 0 Å². The van der Waals surface area contributed by atoms with E-state index in [2.05, 4.69) is 48.3 Å². The first-order chi connectivity index (χ1) is 13.9. The number of nitrogens with zero attached hydrogens (tertiary/aromatic N) is 5. The summed E-state index contributed by atoms with van der Waals surface area (Å²) in [6.07, 6.45) is 1.67. The molecule has 0 aliphatic carbocycles. The maximum absolute atomic E-state index is 12.6. The highest BCUT2D eigenvalue weighted by molar-refractivity contribution is 7.99. The van der Waals surface area contributed by atoms with E-state index in [-0.39, 0.29) is 17.7 Å². The van der Waals surface area contributed by atoms with Gasteiger partial charge in [-0.1, -0.05) is 51.6 Å². The van der Waals surface area contributed by atoms with Crippen LogP contribution in [-0.4, -0.2) is 68.3 Å². The van der Waals surface area contributed by atoms with Crippen LogP contribution in [0, 0.1) is 5.92 Å². The maximum Gasteiger partial charge on any atom is 0.233 e. The van der Waals surface area contributed by atoms with Crippen molar-refractivity contribution in [3.8, 4) is 5.69 Å². The minimum Gasteiger partial charge on any atom is -0.339 e. The topological polar surface area (TPSA) is 71.3 Å². The van der Waals surface area contributed by atoms with Gasteiger partial charge in [-0.05, 0) is 23.6 Å². The molecule has 0 spiro atoms. The van der Waals surface area contributed by atoms with Crippen molar-refractivity contribution in [2.45, 2.75) is 38.8 Å². The summed E-state index contributed by atoms with van der Waals surface area (Å²) in [7, 11) is 0. The SMILES string of the molecule is CC(C)C(=O)N1CCN(C(=O)CSc2nncn2-c2ccc(C(C)C)cc2)CC1. The molecule has 2 aromatic rings. The predicted molar refractivity (Wildman–Crippen MR) is 114 cm³/mol. The number of amides is 2. The molecule has 0 unspecified atom stereocenters. The van der Waals surface area contributed by atoms with Crippen LogP contribution < -0.4 is 0 Å². The van der Waals surface area contributed by atoms with Crippen molar-refractivity contribution < 1.29 is 9.59 Å². The van der Waals surface area contributed by atoms with Gasteiger partial charge in [0.05, 0.1) is 5.75 Å². The highest BCUT2D eigenvalue weighted by Crippen LogP contribution is 2.22. The smallest absolute Gasteiger partial charge is 0.233 e. The molecule has 1 fully saturated rings. The van der Waals surface area contributed by atoms with Crippen molar-refractivity contribution in [2.24, 2.45) is 5.92 Å². The summed E-state index contributed by atoms with van der Waals surface area (Å²) in [6, 6.07) is 8.32. The summed E-state index contributed by atoms with van der Waals surface area (Å²) in [4.78, 5) is 28.4. The van der Waals surface area contributed by atoms with Crippen molar-refractivity contribution in [3.63, 3.8) is 0 Å². The van der Waals surface area contributed by atoms with Crippen LogP contribution in [0.3, 0.4) is 0 Å². The van der Waals surface area contributed by atoms with Crippen LogP contribution in [0.2, 0.25) is 0 Å². The van der Waals surface area contributed by atoms with E-state index in [1.165, 1.54) is 17.3 Å². The molecule has 0 atom stereocenters. The van der Waals surface area contributed by atoms with E-state index >= 15 is 0 Å². The average molecular weight is 416 g/mol. The van der Waals surface area contributed by atoms with Gasteiger partial charge in [-0.25, -0.2) is 0 Å². The van der Waals surface area contributed by atoms with Gasteiger partial charge in [0, 0.05) is 37.8 Å². The average Bonchev–Trinajstić information content (AvgIpc) is 3.20. The Hall–Kier alpha value is -2.35. The van der Waals surface area contributed by atoms with Gasteiger partial charge in [-0.2, -0.15) is 0 Å². The molecule has 0 N–H and O–H groups in total. The molecule has 2 heterocycles. The van der Waals surface area contributed by atoms with Gasteiger partial charge in [0.15, 0.2) is 5.16 Å². The Morgan fingerprint density at radius 1 is 1.00 bits per heavy atom.